The molecule has 0 bridgehead atoms. The van der Waals surface area contributed by atoms with E-state index >= 15 is 0 Å². The van der Waals surface area contributed by atoms with Crippen LogP contribution in [0, 0.1) is 5.82 Å². The first-order chi connectivity index (χ1) is 21.5. The maximum Gasteiger partial charge on any atom is 0.317 e. The van der Waals surface area contributed by atoms with Gasteiger partial charge in [0.2, 0.25) is 0 Å². The number of thiophene rings is 1. The summed E-state index contributed by atoms with van der Waals surface area (Å²) in [5, 5.41) is 2.92. The molecule has 1 aliphatic rings. The van der Waals surface area contributed by atoms with Crippen molar-refractivity contribution in [2.24, 2.45) is 0 Å². The number of piperazine rings is 1. The first-order valence-electron chi connectivity index (χ1n) is 14.5. The van der Waals surface area contributed by atoms with Gasteiger partial charge in [0.1, 0.15) is 5.75 Å². The molecule has 0 saturated carbocycles. The summed E-state index contributed by atoms with van der Waals surface area (Å²) >= 11 is 1.49. The van der Waals surface area contributed by atoms with Gasteiger partial charge in [0.25, 0.3) is 0 Å². The van der Waals surface area contributed by atoms with E-state index in [1.807, 2.05) is 23.2 Å². The van der Waals surface area contributed by atoms with Crippen LogP contribution in [0.2, 0.25) is 0 Å². The molecule has 4 heterocycles. The van der Waals surface area contributed by atoms with Gasteiger partial charge in [-0.2, -0.15) is 0 Å². The average Bonchev–Trinajstić information content (AvgIpc) is 3.48. The van der Waals surface area contributed by atoms with E-state index in [-0.39, 0.29) is 11.8 Å². The van der Waals surface area contributed by atoms with E-state index in [0.29, 0.717) is 64.1 Å². The van der Waals surface area contributed by atoms with Gasteiger partial charge in [-0.05, 0) is 29.8 Å². The van der Waals surface area contributed by atoms with Gasteiger partial charge in [-0.1, -0.05) is 6.07 Å². The molecule has 1 saturated heterocycles. The average molecular weight is 625 g/mol. The molecule has 44 heavy (non-hydrogen) atoms. The van der Waals surface area contributed by atoms with Crippen molar-refractivity contribution < 1.29 is 28.1 Å². The van der Waals surface area contributed by atoms with Crippen LogP contribution in [0.1, 0.15) is 5.56 Å². The van der Waals surface area contributed by atoms with Gasteiger partial charge >= 0.3 is 6.03 Å². The SMILES string of the molecule is COCCOCCOCCNC(=O)N1CCN(Cc2ccc(-c3cc4nccc(Oc5ccc(N)cc5F)c4s3)nc2)CC1. The monoisotopic (exact) mass is 624 g/mol. The summed E-state index contributed by atoms with van der Waals surface area (Å²) in [5.41, 5.74) is 8.66. The van der Waals surface area contributed by atoms with Crippen molar-refractivity contribution in [2.45, 2.75) is 6.54 Å². The number of halogens is 1. The number of benzene rings is 1. The third-order valence-corrected chi connectivity index (χ3v) is 8.18. The Labute approximate surface area is 259 Å². The molecule has 0 radical (unpaired) electrons. The fraction of sp³-hybridized carbons (Fsp3) is 0.387. The van der Waals surface area contributed by atoms with E-state index in [1.165, 1.54) is 23.5 Å². The number of fused-ring (bicyclic) bond motifs is 1. The molecular weight excluding hydrogens is 587 g/mol. The lowest BCUT2D eigenvalue weighted by Gasteiger charge is -2.34. The molecule has 11 nitrogen and oxygen atoms in total. The van der Waals surface area contributed by atoms with E-state index < -0.39 is 5.82 Å². The summed E-state index contributed by atoms with van der Waals surface area (Å²) < 4.78 is 36.7. The Kier molecular flexibility index (Phi) is 11.3. The number of pyridine rings is 2. The molecule has 5 rings (SSSR count). The first kappa shape index (κ1) is 31.5. The number of amides is 2. The van der Waals surface area contributed by atoms with E-state index in [9.17, 15) is 9.18 Å². The number of rotatable bonds is 14. The number of anilines is 1. The summed E-state index contributed by atoms with van der Waals surface area (Å²) in [5.74, 6) is 0.102. The third kappa shape index (κ3) is 8.61. The fourth-order valence-electron chi connectivity index (χ4n) is 4.68. The van der Waals surface area contributed by atoms with Gasteiger partial charge in [-0.3, -0.25) is 14.9 Å². The number of ether oxygens (including phenoxy) is 4. The van der Waals surface area contributed by atoms with Gasteiger partial charge in [0.05, 0.1) is 53.8 Å². The van der Waals surface area contributed by atoms with E-state index in [2.05, 4.69) is 21.3 Å². The minimum absolute atomic E-state index is 0.0689. The Bertz CT molecular complexity index is 1510. The molecule has 234 valence electrons. The maximum absolute atomic E-state index is 14.3. The second kappa shape index (κ2) is 15.7. The predicted octanol–water partition coefficient (Wildman–Crippen LogP) is 4.38. The van der Waals surface area contributed by atoms with Gasteiger partial charge in [0.15, 0.2) is 11.6 Å². The molecule has 1 aromatic carbocycles. The van der Waals surface area contributed by atoms with Crippen molar-refractivity contribution in [1.82, 2.24) is 25.1 Å². The number of carbonyl (C=O) groups is 1. The quantitative estimate of drug-likeness (QED) is 0.155. The van der Waals surface area contributed by atoms with Crippen LogP contribution in [0.4, 0.5) is 14.9 Å². The maximum atomic E-state index is 14.3. The van der Waals surface area contributed by atoms with Crippen LogP contribution in [0.25, 0.3) is 20.8 Å². The standard InChI is InChI=1S/C31H37FN6O5S/c1-40-14-15-42-17-16-41-13-8-35-31(39)38-11-9-37(10-12-38)21-22-2-4-25(36-20-22)29-19-26-30(44-29)28(6-7-34-26)43-27-5-3-23(33)18-24(27)32/h2-7,18-20H,8-17,21,33H2,1H3,(H,35,39). The van der Waals surface area contributed by atoms with Crippen LogP contribution in [-0.2, 0) is 20.8 Å². The number of methoxy groups -OCH3 is 1. The highest BCUT2D eigenvalue weighted by molar-refractivity contribution is 7.22. The third-order valence-electron chi connectivity index (χ3n) is 7.02. The van der Waals surface area contributed by atoms with Crippen molar-refractivity contribution in [3.8, 4) is 22.1 Å². The molecular formula is C31H37FN6O5S. The normalized spacial score (nSPS) is 13.8. The molecule has 0 aliphatic carbocycles. The zero-order valence-electron chi connectivity index (χ0n) is 24.7. The molecule has 1 fully saturated rings. The molecule has 1 aliphatic heterocycles. The van der Waals surface area contributed by atoms with Crippen LogP contribution in [0.5, 0.6) is 11.5 Å². The number of nitrogen functional groups attached to an aromatic ring is 1. The first-order valence-corrected chi connectivity index (χ1v) is 15.3. The van der Waals surface area contributed by atoms with Gasteiger partial charge in [-0.25, -0.2) is 9.18 Å². The van der Waals surface area contributed by atoms with Crippen molar-refractivity contribution >= 4 is 33.3 Å². The predicted molar refractivity (Wildman–Crippen MR) is 168 cm³/mol. The molecule has 0 unspecified atom stereocenters. The smallest absolute Gasteiger partial charge is 0.317 e. The largest absolute Gasteiger partial charge is 0.453 e. The van der Waals surface area contributed by atoms with E-state index in [4.69, 9.17) is 29.7 Å². The summed E-state index contributed by atoms with van der Waals surface area (Å²) in [6, 6.07) is 12.0. The second-order valence-electron chi connectivity index (χ2n) is 10.2. The summed E-state index contributed by atoms with van der Waals surface area (Å²) in [7, 11) is 1.63. The number of carbonyl (C=O) groups excluding carboxylic acids is 1. The zero-order valence-corrected chi connectivity index (χ0v) is 25.5. The van der Waals surface area contributed by atoms with Crippen LogP contribution in [0.15, 0.2) is 54.9 Å². The van der Waals surface area contributed by atoms with Crippen molar-refractivity contribution in [3.63, 3.8) is 0 Å². The van der Waals surface area contributed by atoms with Gasteiger partial charge < -0.3 is 34.9 Å². The molecule has 3 N–H and O–H groups in total. The molecule has 4 aromatic rings. The Morgan fingerprint density at radius 3 is 2.52 bits per heavy atom. The number of urea groups is 1. The molecule has 2 amide bonds. The molecule has 0 atom stereocenters. The van der Waals surface area contributed by atoms with E-state index in [1.54, 1.807) is 25.4 Å². The summed E-state index contributed by atoms with van der Waals surface area (Å²) in [6.07, 6.45) is 3.53. The van der Waals surface area contributed by atoms with Gasteiger partial charge in [-0.15, -0.1) is 11.3 Å². The summed E-state index contributed by atoms with van der Waals surface area (Å²) in [6.45, 7) is 6.63. The highest BCUT2D eigenvalue weighted by atomic mass is 32.1. The van der Waals surface area contributed by atoms with Gasteiger partial charge in [0, 0.05) is 76.6 Å². The van der Waals surface area contributed by atoms with Crippen molar-refractivity contribution in [1.29, 1.82) is 0 Å². The van der Waals surface area contributed by atoms with Crippen LogP contribution < -0.4 is 15.8 Å². The number of nitrogens with zero attached hydrogens (tertiary/aromatic N) is 4. The number of nitrogens with one attached hydrogen (secondary N) is 1. The number of hydrogen-bond acceptors (Lipinski definition) is 10. The van der Waals surface area contributed by atoms with Crippen molar-refractivity contribution in [3.05, 3.63) is 66.2 Å². The lowest BCUT2D eigenvalue weighted by molar-refractivity contribution is 0.0256. The second-order valence-corrected chi connectivity index (χ2v) is 11.2. The Hall–Kier alpha value is -3.88. The molecule has 3 aromatic heterocycles. The lowest BCUT2D eigenvalue weighted by Crippen LogP contribution is -2.51. The Balaban J connectivity index is 1.07. The Morgan fingerprint density at radius 2 is 1.77 bits per heavy atom. The zero-order chi connectivity index (χ0) is 30.7. The van der Waals surface area contributed by atoms with Crippen LogP contribution in [-0.4, -0.2) is 98.7 Å². The highest BCUT2D eigenvalue weighted by Crippen LogP contribution is 2.39. The number of aromatic nitrogens is 2. The van der Waals surface area contributed by atoms with Crippen molar-refractivity contribution in [2.75, 3.05) is 78.6 Å². The number of nitrogens with two attached hydrogens (primary N) is 1. The molecule has 0 spiro atoms. The van der Waals surface area contributed by atoms with Crippen LogP contribution in [0.3, 0.4) is 0 Å². The lowest BCUT2D eigenvalue weighted by atomic mass is 10.2. The Morgan fingerprint density at radius 1 is 0.977 bits per heavy atom. The highest BCUT2D eigenvalue weighted by Gasteiger charge is 2.21. The topological polar surface area (TPSA) is 124 Å². The molecule has 13 heteroatoms. The fourth-order valence-corrected chi connectivity index (χ4v) is 5.72. The minimum atomic E-state index is -0.522. The number of hydrogen-bond donors (Lipinski definition) is 2. The summed E-state index contributed by atoms with van der Waals surface area (Å²) in [4.78, 5) is 26.8. The minimum Gasteiger partial charge on any atom is -0.453 e. The van der Waals surface area contributed by atoms with Crippen LogP contribution >= 0.6 is 11.3 Å². The van der Waals surface area contributed by atoms with E-state index in [0.717, 1.165) is 46.0 Å².